The summed E-state index contributed by atoms with van der Waals surface area (Å²) in [7, 11) is 1.28. The molecule has 0 aromatic heterocycles. The van der Waals surface area contributed by atoms with Crippen LogP contribution < -0.4 is 0 Å². The zero-order valence-corrected chi connectivity index (χ0v) is 14.4. The molecule has 1 aliphatic rings. The van der Waals surface area contributed by atoms with E-state index in [0.717, 1.165) is 5.66 Å². The molecule has 0 aromatic carbocycles. The maximum Gasteiger partial charge on any atom is -0.0237 e. The third-order valence-corrected chi connectivity index (χ3v) is 6.37. The van der Waals surface area contributed by atoms with Gasteiger partial charge in [0.1, 0.15) is 0 Å². The van der Waals surface area contributed by atoms with Crippen LogP contribution in [0.3, 0.4) is 0 Å². The Hall–Kier alpha value is 0.430. The third kappa shape index (κ3) is 10.8. The molecule has 1 heteroatoms. The van der Waals surface area contributed by atoms with E-state index in [1.54, 1.807) is 12.8 Å². The summed E-state index contributed by atoms with van der Waals surface area (Å²) in [6.07, 6.45) is 24.0. The molecular weight excluding hydrogens is 247 g/mol. The molecule has 0 nitrogen and oxygen atoms in total. The van der Waals surface area contributed by atoms with Crippen LogP contribution in [0.1, 0.15) is 103 Å². The fourth-order valence-corrected chi connectivity index (χ4v) is 4.90. The number of rotatable bonds is 6. The molecule has 0 N–H and O–H groups in total. The lowest BCUT2D eigenvalue weighted by molar-refractivity contribution is 0.508. The summed E-state index contributed by atoms with van der Waals surface area (Å²) < 4.78 is 0. The standard InChI is InChI=1S/C18H37P/c1-2-3-4-14-17-19-18-15-12-10-8-6-5-7-9-11-13-16-18/h18-19H,2-17H2,1H3. The van der Waals surface area contributed by atoms with Crippen LogP contribution in [0, 0.1) is 0 Å². The molecular formula is C18H37P. The smallest absolute Gasteiger partial charge is 0.0237 e. The van der Waals surface area contributed by atoms with E-state index < -0.39 is 0 Å². The first-order valence-corrected chi connectivity index (χ1v) is 10.5. The van der Waals surface area contributed by atoms with Crippen molar-refractivity contribution in [3.8, 4) is 0 Å². The zero-order valence-electron chi connectivity index (χ0n) is 13.4. The van der Waals surface area contributed by atoms with Crippen molar-refractivity contribution in [3.05, 3.63) is 0 Å². The minimum absolute atomic E-state index is 1.10. The third-order valence-electron chi connectivity index (χ3n) is 4.57. The predicted octanol–water partition coefficient (Wildman–Crippen LogP) is 6.92. The normalized spacial score (nSPS) is 21.3. The highest BCUT2D eigenvalue weighted by molar-refractivity contribution is 7.38. The molecule has 1 aliphatic carbocycles. The van der Waals surface area contributed by atoms with Crippen LogP contribution in [0.15, 0.2) is 0 Å². The lowest BCUT2D eigenvalue weighted by Crippen LogP contribution is -2.03. The van der Waals surface area contributed by atoms with E-state index >= 15 is 0 Å². The van der Waals surface area contributed by atoms with Gasteiger partial charge in [0.05, 0.1) is 0 Å². The molecule has 0 saturated heterocycles. The van der Waals surface area contributed by atoms with Gasteiger partial charge >= 0.3 is 0 Å². The van der Waals surface area contributed by atoms with Gasteiger partial charge in [-0.05, 0) is 31.1 Å². The molecule has 0 aliphatic heterocycles. The fourth-order valence-electron chi connectivity index (χ4n) is 3.23. The van der Waals surface area contributed by atoms with E-state index in [0.29, 0.717) is 0 Å². The van der Waals surface area contributed by atoms with Crippen molar-refractivity contribution in [1.29, 1.82) is 0 Å². The Balaban J connectivity index is 2.11. The Morgan fingerprint density at radius 2 is 1.21 bits per heavy atom. The van der Waals surface area contributed by atoms with Crippen LogP contribution in [-0.2, 0) is 0 Å². The molecule has 0 heterocycles. The van der Waals surface area contributed by atoms with Gasteiger partial charge in [-0.3, -0.25) is 0 Å². The second-order valence-corrected chi connectivity index (χ2v) is 8.20. The summed E-state index contributed by atoms with van der Waals surface area (Å²) in [5.41, 5.74) is 1.10. The van der Waals surface area contributed by atoms with E-state index in [1.165, 1.54) is 98.2 Å². The Bertz CT molecular complexity index is 167. The molecule has 1 saturated carbocycles. The number of hydrogen-bond donors (Lipinski definition) is 0. The highest BCUT2D eigenvalue weighted by Crippen LogP contribution is 2.31. The summed E-state index contributed by atoms with van der Waals surface area (Å²) in [5.74, 6) is 0. The Labute approximate surface area is 124 Å². The van der Waals surface area contributed by atoms with Gasteiger partial charge in [0.15, 0.2) is 0 Å². The monoisotopic (exact) mass is 284 g/mol. The molecule has 19 heavy (non-hydrogen) atoms. The molecule has 0 aromatic rings. The van der Waals surface area contributed by atoms with E-state index in [-0.39, 0.29) is 0 Å². The SMILES string of the molecule is CCCCCCPC1CCCCCCCCCCC1. The highest BCUT2D eigenvalue weighted by Gasteiger charge is 2.09. The van der Waals surface area contributed by atoms with Crippen molar-refractivity contribution in [2.24, 2.45) is 0 Å². The van der Waals surface area contributed by atoms with Crippen molar-refractivity contribution in [1.82, 2.24) is 0 Å². The lowest BCUT2D eigenvalue weighted by atomic mass is 10.0. The Kier molecular flexibility index (Phi) is 12.3. The molecule has 114 valence electrons. The van der Waals surface area contributed by atoms with E-state index in [1.807, 2.05) is 0 Å². The van der Waals surface area contributed by atoms with Gasteiger partial charge in [-0.25, -0.2) is 0 Å². The number of unbranched alkanes of at least 4 members (excludes halogenated alkanes) is 3. The summed E-state index contributed by atoms with van der Waals surface area (Å²) in [6.45, 7) is 2.31. The van der Waals surface area contributed by atoms with Crippen LogP contribution >= 0.6 is 8.58 Å². The van der Waals surface area contributed by atoms with E-state index in [2.05, 4.69) is 6.92 Å². The fraction of sp³-hybridized carbons (Fsp3) is 1.00. The minimum atomic E-state index is 1.10. The van der Waals surface area contributed by atoms with Gasteiger partial charge in [0, 0.05) is 0 Å². The van der Waals surface area contributed by atoms with Crippen molar-refractivity contribution in [3.63, 3.8) is 0 Å². The topological polar surface area (TPSA) is 0 Å². The Morgan fingerprint density at radius 3 is 1.74 bits per heavy atom. The average Bonchev–Trinajstić information content (AvgIpc) is 2.41. The van der Waals surface area contributed by atoms with Crippen molar-refractivity contribution >= 4 is 8.58 Å². The minimum Gasteiger partial charge on any atom is -0.119 e. The zero-order chi connectivity index (χ0) is 13.6. The highest BCUT2D eigenvalue weighted by atomic mass is 31.1. The predicted molar refractivity (Wildman–Crippen MR) is 91.9 cm³/mol. The van der Waals surface area contributed by atoms with Crippen molar-refractivity contribution < 1.29 is 0 Å². The van der Waals surface area contributed by atoms with Gasteiger partial charge in [0.25, 0.3) is 0 Å². The van der Waals surface area contributed by atoms with Crippen LogP contribution in [-0.4, -0.2) is 11.8 Å². The summed E-state index contributed by atoms with van der Waals surface area (Å²) in [5, 5.41) is 0. The largest absolute Gasteiger partial charge is 0.119 e. The van der Waals surface area contributed by atoms with Gasteiger partial charge in [-0.2, -0.15) is 0 Å². The molecule has 1 fully saturated rings. The lowest BCUT2D eigenvalue weighted by Gasteiger charge is -2.18. The molecule has 1 rings (SSSR count). The summed E-state index contributed by atoms with van der Waals surface area (Å²) in [4.78, 5) is 0. The van der Waals surface area contributed by atoms with Gasteiger partial charge in [-0.1, -0.05) is 84.0 Å². The molecule has 0 amide bonds. The van der Waals surface area contributed by atoms with Crippen LogP contribution in [0.5, 0.6) is 0 Å². The van der Waals surface area contributed by atoms with Gasteiger partial charge in [0.2, 0.25) is 0 Å². The summed E-state index contributed by atoms with van der Waals surface area (Å²) in [6, 6.07) is 0. The maximum atomic E-state index is 2.31. The quantitative estimate of drug-likeness (QED) is 0.367. The van der Waals surface area contributed by atoms with Crippen LogP contribution in [0.25, 0.3) is 0 Å². The van der Waals surface area contributed by atoms with Crippen LogP contribution in [0.2, 0.25) is 0 Å². The van der Waals surface area contributed by atoms with Gasteiger partial charge in [-0.15, -0.1) is 8.58 Å². The average molecular weight is 284 g/mol. The van der Waals surface area contributed by atoms with Crippen LogP contribution in [0.4, 0.5) is 0 Å². The maximum absolute atomic E-state index is 2.31. The van der Waals surface area contributed by atoms with E-state index in [9.17, 15) is 0 Å². The van der Waals surface area contributed by atoms with Crippen molar-refractivity contribution in [2.45, 2.75) is 109 Å². The summed E-state index contributed by atoms with van der Waals surface area (Å²) >= 11 is 0. The number of hydrogen-bond acceptors (Lipinski definition) is 0. The second-order valence-electron chi connectivity index (χ2n) is 6.47. The molecule has 0 spiro atoms. The second kappa shape index (κ2) is 13.4. The first-order valence-electron chi connectivity index (χ1n) is 9.17. The molecule has 0 bridgehead atoms. The molecule has 0 radical (unpaired) electrons. The Morgan fingerprint density at radius 1 is 0.684 bits per heavy atom. The van der Waals surface area contributed by atoms with E-state index in [4.69, 9.17) is 0 Å². The van der Waals surface area contributed by atoms with Crippen molar-refractivity contribution in [2.75, 3.05) is 6.16 Å². The molecule has 1 atom stereocenters. The van der Waals surface area contributed by atoms with Gasteiger partial charge < -0.3 is 0 Å². The first kappa shape index (κ1) is 17.5. The molecule has 1 unspecified atom stereocenters. The first-order chi connectivity index (χ1) is 9.43.